The number of carbonyl (C=O) groups excluding carboxylic acids is 1. The summed E-state index contributed by atoms with van der Waals surface area (Å²) in [6.07, 6.45) is 0. The second kappa shape index (κ2) is 6.79. The molecule has 2 aromatic rings. The molecule has 0 aliphatic carbocycles. The quantitative estimate of drug-likeness (QED) is 0.823. The molecule has 22 heavy (non-hydrogen) atoms. The number of aliphatic hydroxyl groups excluding tert-OH is 1. The summed E-state index contributed by atoms with van der Waals surface area (Å²) in [6.45, 7) is 2.68. The molecule has 1 aromatic carbocycles. The molecule has 0 bridgehead atoms. The third-order valence-corrected chi connectivity index (χ3v) is 5.02. The van der Waals surface area contributed by atoms with Crippen molar-refractivity contribution in [3.8, 4) is 5.75 Å². The lowest BCUT2D eigenvalue weighted by Gasteiger charge is -2.15. The van der Waals surface area contributed by atoms with E-state index in [9.17, 15) is 4.79 Å². The molecule has 0 saturated carbocycles. The maximum absolute atomic E-state index is 11.5. The van der Waals surface area contributed by atoms with Gasteiger partial charge in [0.15, 0.2) is 5.78 Å². The van der Waals surface area contributed by atoms with Crippen LogP contribution >= 0.6 is 22.9 Å². The van der Waals surface area contributed by atoms with Gasteiger partial charge in [-0.15, -0.1) is 11.3 Å². The Kier molecular flexibility index (Phi) is 4.78. The topological polar surface area (TPSA) is 49.8 Å². The number of hydrogen-bond donors (Lipinski definition) is 1. The molecule has 1 aliphatic rings. The first kappa shape index (κ1) is 15.5. The van der Waals surface area contributed by atoms with Crippen LogP contribution in [0.4, 0.5) is 0 Å². The van der Waals surface area contributed by atoms with Gasteiger partial charge in [-0.2, -0.15) is 0 Å². The number of ether oxygens (including phenoxy) is 1. The van der Waals surface area contributed by atoms with E-state index in [0.717, 1.165) is 25.4 Å². The van der Waals surface area contributed by atoms with Crippen molar-refractivity contribution < 1.29 is 14.6 Å². The molecule has 4 nitrogen and oxygen atoms in total. The number of fused-ring (bicyclic) bond motifs is 1. The summed E-state index contributed by atoms with van der Waals surface area (Å²) in [5.41, 5.74) is 1.19. The molecule has 1 aliphatic heterocycles. The molecule has 0 amide bonds. The largest absolute Gasteiger partial charge is 0.492 e. The molecule has 0 radical (unpaired) electrons. The molecule has 0 spiro atoms. The number of rotatable bonds is 6. The Labute approximate surface area is 137 Å². The highest BCUT2D eigenvalue weighted by Gasteiger charge is 2.23. The summed E-state index contributed by atoms with van der Waals surface area (Å²) in [6, 6.07) is 9.23. The summed E-state index contributed by atoms with van der Waals surface area (Å²) in [7, 11) is 0. The Morgan fingerprint density at radius 2 is 2.09 bits per heavy atom. The van der Waals surface area contributed by atoms with E-state index in [4.69, 9.17) is 21.4 Å². The number of aliphatic hydroxyl groups is 1. The lowest BCUT2D eigenvalue weighted by atomic mass is 10.2. The Morgan fingerprint density at radius 1 is 1.32 bits per heavy atom. The van der Waals surface area contributed by atoms with E-state index in [-0.39, 0.29) is 5.78 Å². The van der Waals surface area contributed by atoms with Gasteiger partial charge in [-0.3, -0.25) is 9.69 Å². The molecule has 3 rings (SSSR count). The Morgan fingerprint density at radius 3 is 2.77 bits per heavy atom. The van der Waals surface area contributed by atoms with Crippen LogP contribution in [0.5, 0.6) is 5.75 Å². The fraction of sp³-hybridized carbons (Fsp3) is 0.312. The summed E-state index contributed by atoms with van der Waals surface area (Å²) in [5, 5.41) is 9.59. The zero-order chi connectivity index (χ0) is 15.5. The van der Waals surface area contributed by atoms with Gasteiger partial charge in [0.2, 0.25) is 0 Å². The van der Waals surface area contributed by atoms with E-state index in [1.54, 1.807) is 0 Å². The normalized spacial score (nSPS) is 14.1. The fourth-order valence-electron chi connectivity index (χ4n) is 2.43. The number of halogens is 1. The zero-order valence-electron chi connectivity index (χ0n) is 11.9. The maximum atomic E-state index is 11.5. The van der Waals surface area contributed by atoms with Crippen molar-refractivity contribution >= 4 is 28.7 Å². The van der Waals surface area contributed by atoms with Gasteiger partial charge in [0, 0.05) is 29.5 Å². The van der Waals surface area contributed by atoms with Gasteiger partial charge in [-0.1, -0.05) is 11.6 Å². The second-order valence-electron chi connectivity index (χ2n) is 5.15. The number of benzene rings is 1. The van der Waals surface area contributed by atoms with Crippen molar-refractivity contribution in [3.05, 3.63) is 50.7 Å². The van der Waals surface area contributed by atoms with E-state index in [0.29, 0.717) is 16.5 Å². The molecule has 1 aromatic heterocycles. The Hall–Kier alpha value is -1.40. The number of thiophene rings is 1. The van der Waals surface area contributed by atoms with Crippen molar-refractivity contribution in [2.75, 3.05) is 19.8 Å². The minimum atomic E-state index is -0.419. The smallest absolute Gasteiger partial charge is 0.198 e. The van der Waals surface area contributed by atoms with Crippen molar-refractivity contribution in [2.45, 2.75) is 13.1 Å². The van der Waals surface area contributed by atoms with Crippen LogP contribution in [0.1, 0.15) is 20.1 Å². The van der Waals surface area contributed by atoms with Gasteiger partial charge >= 0.3 is 0 Å². The number of nitrogens with zero attached hydrogens (tertiary/aromatic N) is 1. The molecule has 0 unspecified atom stereocenters. The molecule has 0 atom stereocenters. The Bertz CT molecular complexity index is 645. The van der Waals surface area contributed by atoms with Crippen molar-refractivity contribution in [2.24, 2.45) is 0 Å². The van der Waals surface area contributed by atoms with Gasteiger partial charge in [-0.05, 0) is 35.9 Å². The van der Waals surface area contributed by atoms with Crippen molar-refractivity contribution in [1.29, 1.82) is 0 Å². The predicted octanol–water partition coefficient (Wildman–Crippen LogP) is 2.97. The van der Waals surface area contributed by atoms with E-state index >= 15 is 0 Å². The second-order valence-corrected chi connectivity index (χ2v) is 6.73. The van der Waals surface area contributed by atoms with Crippen molar-refractivity contribution in [3.63, 3.8) is 0 Å². The van der Waals surface area contributed by atoms with Crippen LogP contribution in [0, 0.1) is 0 Å². The van der Waals surface area contributed by atoms with Gasteiger partial charge in [0.25, 0.3) is 0 Å². The third kappa shape index (κ3) is 3.50. The number of hydrogen-bond acceptors (Lipinski definition) is 5. The van der Waals surface area contributed by atoms with Crippen LogP contribution in [0.15, 0.2) is 30.3 Å². The number of ketones is 1. The molecular weight excluding hydrogens is 322 g/mol. The van der Waals surface area contributed by atoms with Gasteiger partial charge in [-0.25, -0.2) is 0 Å². The van der Waals surface area contributed by atoms with Crippen LogP contribution in [-0.4, -0.2) is 35.5 Å². The first-order valence-corrected chi connectivity index (χ1v) is 8.21. The van der Waals surface area contributed by atoms with Crippen LogP contribution in [0.3, 0.4) is 0 Å². The summed E-state index contributed by atoms with van der Waals surface area (Å²) in [4.78, 5) is 15.6. The van der Waals surface area contributed by atoms with Crippen molar-refractivity contribution in [1.82, 2.24) is 4.90 Å². The van der Waals surface area contributed by atoms with Crippen LogP contribution < -0.4 is 4.74 Å². The van der Waals surface area contributed by atoms with Gasteiger partial charge < -0.3 is 9.84 Å². The molecule has 2 heterocycles. The predicted molar refractivity (Wildman–Crippen MR) is 86.8 cm³/mol. The Balaban J connectivity index is 1.48. The van der Waals surface area contributed by atoms with Crippen LogP contribution in [0.25, 0.3) is 0 Å². The highest BCUT2D eigenvalue weighted by atomic mass is 35.5. The molecule has 6 heteroatoms. The van der Waals surface area contributed by atoms with Crippen LogP contribution in [-0.2, 0) is 13.1 Å². The minimum absolute atomic E-state index is 0.197. The minimum Gasteiger partial charge on any atom is -0.492 e. The maximum Gasteiger partial charge on any atom is 0.198 e. The van der Waals surface area contributed by atoms with E-state index in [2.05, 4.69) is 4.90 Å². The summed E-state index contributed by atoms with van der Waals surface area (Å²) >= 11 is 7.31. The monoisotopic (exact) mass is 337 g/mol. The fourth-order valence-corrected chi connectivity index (χ4v) is 3.70. The van der Waals surface area contributed by atoms with E-state index < -0.39 is 6.61 Å². The molecule has 1 N–H and O–H groups in total. The molecule has 0 saturated heterocycles. The first-order valence-electron chi connectivity index (χ1n) is 7.02. The zero-order valence-corrected chi connectivity index (χ0v) is 13.5. The highest BCUT2D eigenvalue weighted by Crippen LogP contribution is 2.31. The van der Waals surface area contributed by atoms with Gasteiger partial charge in [0.05, 0.1) is 4.88 Å². The lowest BCUT2D eigenvalue weighted by molar-refractivity contribution is 0.0907. The number of Topliss-reactive ketones (excluding diaryl/α,β-unsaturated/α-hetero) is 1. The van der Waals surface area contributed by atoms with Crippen LogP contribution in [0.2, 0.25) is 5.02 Å². The SMILES string of the molecule is O=C(CO)c1cc2c(s1)CN(CCOc1ccc(Cl)cc1)C2. The molecular formula is C16H16ClNO3S. The first-order chi connectivity index (χ1) is 10.7. The average molecular weight is 338 g/mol. The lowest BCUT2D eigenvalue weighted by Crippen LogP contribution is -2.23. The highest BCUT2D eigenvalue weighted by molar-refractivity contribution is 7.14. The van der Waals surface area contributed by atoms with Gasteiger partial charge in [0.1, 0.15) is 19.0 Å². The molecule has 116 valence electrons. The van der Waals surface area contributed by atoms with E-state index in [1.807, 2.05) is 30.3 Å². The average Bonchev–Trinajstić information content (AvgIpc) is 3.07. The van der Waals surface area contributed by atoms with E-state index in [1.165, 1.54) is 21.8 Å². The standard InChI is InChI=1S/C16H16ClNO3S/c17-12-1-3-13(4-2-12)21-6-5-18-8-11-7-15(14(20)10-19)22-16(11)9-18/h1-4,7,19H,5-6,8-10H2. The third-order valence-electron chi connectivity index (χ3n) is 3.57. The summed E-state index contributed by atoms with van der Waals surface area (Å²) < 4.78 is 5.69. The number of carbonyl (C=O) groups is 1. The summed E-state index contributed by atoms with van der Waals surface area (Å²) in [5.74, 6) is 0.617. The molecule has 0 fully saturated rings.